The molecule has 0 aliphatic rings. The van der Waals surface area contributed by atoms with Crippen molar-refractivity contribution in [3.63, 3.8) is 0 Å². The fourth-order valence-electron chi connectivity index (χ4n) is 4.04. The summed E-state index contributed by atoms with van der Waals surface area (Å²) in [6, 6.07) is 17.6. The van der Waals surface area contributed by atoms with Crippen molar-refractivity contribution < 1.29 is 0 Å². The maximum Gasteiger partial charge on any atom is 0.0520 e. The smallest absolute Gasteiger partial charge is 0.0520 e. The first-order valence-corrected chi connectivity index (χ1v) is 9.78. The van der Waals surface area contributed by atoms with Crippen LogP contribution < -0.4 is 4.90 Å². The van der Waals surface area contributed by atoms with Crippen LogP contribution in [0.1, 0.15) is 33.4 Å². The molecule has 0 heterocycles. The van der Waals surface area contributed by atoms with Crippen LogP contribution in [0.5, 0.6) is 0 Å². The molecule has 0 unspecified atom stereocenters. The van der Waals surface area contributed by atoms with Crippen LogP contribution in [0.25, 0.3) is 0 Å². The SMILES string of the molecule is Cc1cc(C)c(N(c2cccc(Br)c2)c2c(C)cc(C)cc2C)c(C)c1. The molecule has 3 rings (SSSR count). The molecule has 3 aromatic carbocycles. The average Bonchev–Trinajstić information content (AvgIpc) is 2.51. The molecule has 0 spiro atoms. The average molecular weight is 408 g/mol. The minimum atomic E-state index is 1.09. The van der Waals surface area contributed by atoms with E-state index in [0.717, 1.165) is 4.47 Å². The summed E-state index contributed by atoms with van der Waals surface area (Å²) in [6.45, 7) is 13.2. The Kier molecular flexibility index (Phi) is 5.24. The molecule has 0 bridgehead atoms. The molecule has 0 fully saturated rings. The molecular weight excluding hydrogens is 382 g/mol. The van der Waals surface area contributed by atoms with Crippen LogP contribution >= 0.6 is 15.9 Å². The molecule has 0 aliphatic heterocycles. The van der Waals surface area contributed by atoms with Gasteiger partial charge in [0, 0.05) is 10.2 Å². The molecule has 0 aromatic heterocycles. The van der Waals surface area contributed by atoms with Gasteiger partial charge in [-0.15, -0.1) is 0 Å². The van der Waals surface area contributed by atoms with E-state index < -0.39 is 0 Å². The van der Waals surface area contributed by atoms with Crippen LogP contribution in [0.3, 0.4) is 0 Å². The summed E-state index contributed by atoms with van der Waals surface area (Å²) in [5, 5.41) is 0. The maximum atomic E-state index is 3.65. The Balaban J connectivity index is 2.36. The lowest BCUT2D eigenvalue weighted by Crippen LogP contribution is -2.15. The van der Waals surface area contributed by atoms with E-state index in [0.29, 0.717) is 0 Å². The molecule has 0 N–H and O–H groups in total. The number of benzene rings is 3. The van der Waals surface area contributed by atoms with Gasteiger partial charge in [0.2, 0.25) is 0 Å². The van der Waals surface area contributed by atoms with Gasteiger partial charge in [0.1, 0.15) is 0 Å². The number of rotatable bonds is 3. The van der Waals surface area contributed by atoms with E-state index in [1.54, 1.807) is 0 Å². The first kappa shape index (κ1) is 18.7. The lowest BCUT2D eigenvalue weighted by molar-refractivity contribution is 1.16. The number of halogens is 1. The van der Waals surface area contributed by atoms with Crippen LogP contribution in [0.4, 0.5) is 17.1 Å². The van der Waals surface area contributed by atoms with Gasteiger partial charge in [-0.25, -0.2) is 0 Å². The van der Waals surface area contributed by atoms with E-state index in [-0.39, 0.29) is 0 Å². The Morgan fingerprint density at radius 2 is 1.04 bits per heavy atom. The Labute approximate surface area is 165 Å². The van der Waals surface area contributed by atoms with Gasteiger partial charge in [0.05, 0.1) is 11.4 Å². The normalized spacial score (nSPS) is 10.9. The van der Waals surface area contributed by atoms with E-state index in [1.165, 1.54) is 50.4 Å². The molecule has 3 aromatic rings. The van der Waals surface area contributed by atoms with Gasteiger partial charge in [-0.05, 0) is 82.0 Å². The number of aryl methyl sites for hydroxylation is 6. The lowest BCUT2D eigenvalue weighted by Gasteiger charge is -2.32. The Morgan fingerprint density at radius 3 is 1.42 bits per heavy atom. The highest BCUT2D eigenvalue weighted by Gasteiger charge is 2.21. The summed E-state index contributed by atoms with van der Waals surface area (Å²) in [5.41, 5.74) is 11.5. The molecule has 2 heteroatoms. The standard InChI is InChI=1S/C24H26BrN/c1-15-10-17(3)23(18(4)11-15)26(22-9-7-8-21(25)14-22)24-19(5)12-16(2)13-20(24)6/h7-14H,1-6H3. The summed E-state index contributed by atoms with van der Waals surface area (Å²) in [7, 11) is 0. The fourth-order valence-corrected chi connectivity index (χ4v) is 4.42. The van der Waals surface area contributed by atoms with Crippen LogP contribution in [0.15, 0.2) is 53.0 Å². The van der Waals surface area contributed by atoms with Crippen molar-refractivity contribution in [1.82, 2.24) is 0 Å². The number of nitrogens with zero attached hydrogens (tertiary/aromatic N) is 1. The fraction of sp³-hybridized carbons (Fsp3) is 0.250. The van der Waals surface area contributed by atoms with Crippen LogP contribution in [-0.2, 0) is 0 Å². The van der Waals surface area contributed by atoms with Gasteiger partial charge in [0.25, 0.3) is 0 Å². The Morgan fingerprint density at radius 1 is 0.615 bits per heavy atom. The Hall–Kier alpha value is -2.06. The third kappa shape index (κ3) is 3.57. The second-order valence-corrected chi connectivity index (χ2v) is 8.23. The summed E-state index contributed by atoms with van der Waals surface area (Å²) >= 11 is 3.65. The first-order valence-electron chi connectivity index (χ1n) is 8.99. The molecule has 26 heavy (non-hydrogen) atoms. The van der Waals surface area contributed by atoms with Gasteiger partial charge in [0.15, 0.2) is 0 Å². The maximum absolute atomic E-state index is 3.65. The van der Waals surface area contributed by atoms with Crippen molar-refractivity contribution in [2.75, 3.05) is 4.90 Å². The lowest BCUT2D eigenvalue weighted by atomic mass is 9.99. The molecule has 0 amide bonds. The summed E-state index contributed by atoms with van der Waals surface area (Å²) < 4.78 is 1.09. The summed E-state index contributed by atoms with van der Waals surface area (Å²) in [6.07, 6.45) is 0. The Bertz CT molecular complexity index is 868. The molecule has 0 radical (unpaired) electrons. The van der Waals surface area contributed by atoms with Gasteiger partial charge in [-0.3, -0.25) is 0 Å². The van der Waals surface area contributed by atoms with Gasteiger partial charge in [-0.1, -0.05) is 57.4 Å². The van der Waals surface area contributed by atoms with Crippen LogP contribution in [-0.4, -0.2) is 0 Å². The number of hydrogen-bond acceptors (Lipinski definition) is 1. The van der Waals surface area contributed by atoms with Crippen LogP contribution in [0, 0.1) is 41.5 Å². The van der Waals surface area contributed by atoms with E-state index in [1.807, 2.05) is 0 Å². The topological polar surface area (TPSA) is 3.24 Å². The molecule has 1 nitrogen and oxygen atoms in total. The van der Waals surface area contributed by atoms with E-state index in [4.69, 9.17) is 0 Å². The monoisotopic (exact) mass is 407 g/mol. The van der Waals surface area contributed by atoms with Gasteiger partial charge < -0.3 is 4.90 Å². The van der Waals surface area contributed by atoms with Crippen LogP contribution in [0.2, 0.25) is 0 Å². The molecule has 0 saturated carbocycles. The van der Waals surface area contributed by atoms with Crippen molar-refractivity contribution in [3.05, 3.63) is 86.4 Å². The summed E-state index contributed by atoms with van der Waals surface area (Å²) in [4.78, 5) is 2.42. The zero-order valence-corrected chi connectivity index (χ0v) is 18.0. The third-order valence-corrected chi connectivity index (χ3v) is 5.28. The highest BCUT2D eigenvalue weighted by atomic mass is 79.9. The van der Waals surface area contributed by atoms with Crippen molar-refractivity contribution >= 4 is 33.0 Å². The molecule has 0 atom stereocenters. The van der Waals surface area contributed by atoms with Gasteiger partial charge in [-0.2, -0.15) is 0 Å². The molecule has 0 aliphatic carbocycles. The van der Waals surface area contributed by atoms with Gasteiger partial charge >= 0.3 is 0 Å². The van der Waals surface area contributed by atoms with Crippen molar-refractivity contribution in [3.8, 4) is 0 Å². The minimum Gasteiger partial charge on any atom is -0.309 e. The van der Waals surface area contributed by atoms with E-state index in [9.17, 15) is 0 Å². The quantitative estimate of drug-likeness (QED) is 0.428. The van der Waals surface area contributed by atoms with E-state index >= 15 is 0 Å². The van der Waals surface area contributed by atoms with Crippen molar-refractivity contribution in [2.24, 2.45) is 0 Å². The number of anilines is 3. The zero-order valence-electron chi connectivity index (χ0n) is 16.4. The number of hydrogen-bond donors (Lipinski definition) is 0. The third-order valence-electron chi connectivity index (χ3n) is 4.78. The largest absolute Gasteiger partial charge is 0.309 e. The van der Waals surface area contributed by atoms with Crippen molar-refractivity contribution in [2.45, 2.75) is 41.5 Å². The predicted molar refractivity (Wildman–Crippen MR) is 117 cm³/mol. The molecule has 134 valence electrons. The summed E-state index contributed by atoms with van der Waals surface area (Å²) in [5.74, 6) is 0. The molecule has 0 saturated heterocycles. The minimum absolute atomic E-state index is 1.09. The second-order valence-electron chi connectivity index (χ2n) is 7.31. The molecular formula is C24H26BrN. The second kappa shape index (κ2) is 7.28. The zero-order chi connectivity index (χ0) is 19.0. The predicted octanol–water partition coefficient (Wildman–Crippen LogP) is 7.77. The first-order chi connectivity index (χ1) is 12.3. The highest BCUT2D eigenvalue weighted by Crippen LogP contribution is 2.42. The highest BCUT2D eigenvalue weighted by molar-refractivity contribution is 9.10. The van der Waals surface area contributed by atoms with E-state index in [2.05, 4.69) is 111 Å². The van der Waals surface area contributed by atoms with Crippen molar-refractivity contribution in [1.29, 1.82) is 0 Å².